The Hall–Kier alpha value is -1.58. The maximum absolute atomic E-state index is 11.3. The molecule has 2 heterocycles. The highest BCUT2D eigenvalue weighted by Gasteiger charge is 2.18. The van der Waals surface area contributed by atoms with E-state index in [0.29, 0.717) is 0 Å². The minimum atomic E-state index is 0.284. The fourth-order valence-corrected chi connectivity index (χ4v) is 1.75. The molecule has 2 rings (SSSR count). The number of rotatable bonds is 4. The van der Waals surface area contributed by atoms with Gasteiger partial charge in [-0.1, -0.05) is 0 Å². The van der Waals surface area contributed by atoms with E-state index in [4.69, 9.17) is 0 Å². The summed E-state index contributed by atoms with van der Waals surface area (Å²) in [4.78, 5) is 17.2. The van der Waals surface area contributed by atoms with E-state index in [0.717, 1.165) is 38.2 Å². The number of nitrogens with zero attached hydrogens (tertiary/aromatic N) is 2. The van der Waals surface area contributed by atoms with Crippen molar-refractivity contribution in [2.45, 2.75) is 12.8 Å². The van der Waals surface area contributed by atoms with Gasteiger partial charge in [0.2, 0.25) is 5.91 Å². The van der Waals surface area contributed by atoms with Crippen molar-refractivity contribution in [1.82, 2.24) is 9.88 Å². The lowest BCUT2D eigenvalue weighted by atomic mass is 10.4. The van der Waals surface area contributed by atoms with Crippen molar-refractivity contribution in [2.75, 3.05) is 25.0 Å². The zero-order valence-corrected chi connectivity index (χ0v) is 8.65. The van der Waals surface area contributed by atoms with Gasteiger partial charge in [0.05, 0.1) is 0 Å². The highest BCUT2D eigenvalue weighted by atomic mass is 16.2. The minimum absolute atomic E-state index is 0.284. The number of anilines is 1. The third-order valence-electron chi connectivity index (χ3n) is 2.56. The van der Waals surface area contributed by atoms with Crippen LogP contribution < -0.4 is 5.32 Å². The average Bonchev–Trinajstić information content (AvgIpc) is 2.66. The summed E-state index contributed by atoms with van der Waals surface area (Å²) in [5.41, 5.74) is 1.05. The normalized spacial score (nSPS) is 15.7. The molecule has 1 saturated heterocycles. The molecule has 0 aliphatic carbocycles. The van der Waals surface area contributed by atoms with E-state index in [-0.39, 0.29) is 5.91 Å². The fourth-order valence-electron chi connectivity index (χ4n) is 1.75. The van der Waals surface area contributed by atoms with Crippen molar-refractivity contribution < 1.29 is 4.79 Å². The smallest absolute Gasteiger partial charge is 0.222 e. The fraction of sp³-hybridized carbons (Fsp3) is 0.455. The van der Waals surface area contributed by atoms with Gasteiger partial charge in [0.25, 0.3) is 0 Å². The Labute approximate surface area is 89.3 Å². The summed E-state index contributed by atoms with van der Waals surface area (Å²) in [6.45, 7) is 2.51. The maximum Gasteiger partial charge on any atom is 0.222 e. The molecule has 4 nitrogen and oxygen atoms in total. The van der Waals surface area contributed by atoms with E-state index < -0.39 is 0 Å². The molecule has 0 atom stereocenters. The molecule has 1 aromatic rings. The lowest BCUT2D eigenvalue weighted by molar-refractivity contribution is -0.127. The van der Waals surface area contributed by atoms with Crippen LogP contribution in [0.25, 0.3) is 0 Å². The van der Waals surface area contributed by atoms with Crippen LogP contribution in [0.2, 0.25) is 0 Å². The van der Waals surface area contributed by atoms with Gasteiger partial charge in [-0.25, -0.2) is 0 Å². The van der Waals surface area contributed by atoms with Gasteiger partial charge in [0.1, 0.15) is 0 Å². The van der Waals surface area contributed by atoms with Crippen LogP contribution in [-0.4, -0.2) is 35.4 Å². The van der Waals surface area contributed by atoms with Crippen LogP contribution in [0.4, 0.5) is 5.69 Å². The predicted molar refractivity (Wildman–Crippen MR) is 58.5 cm³/mol. The summed E-state index contributed by atoms with van der Waals surface area (Å²) in [5.74, 6) is 0.284. The molecule has 0 spiro atoms. The first kappa shape index (κ1) is 9.96. The van der Waals surface area contributed by atoms with Gasteiger partial charge in [-0.15, -0.1) is 0 Å². The SMILES string of the molecule is O=C1CCCN1CCNc1ccncc1. The van der Waals surface area contributed by atoms with E-state index in [1.165, 1.54) is 0 Å². The summed E-state index contributed by atoms with van der Waals surface area (Å²) in [6.07, 6.45) is 5.23. The number of nitrogens with one attached hydrogen (secondary N) is 1. The second-order valence-corrected chi connectivity index (χ2v) is 3.65. The molecule has 1 aliphatic heterocycles. The zero-order valence-electron chi connectivity index (χ0n) is 8.65. The highest BCUT2D eigenvalue weighted by molar-refractivity contribution is 5.78. The largest absolute Gasteiger partial charge is 0.383 e. The second kappa shape index (κ2) is 4.77. The molecular formula is C11H15N3O. The molecule has 4 heteroatoms. The third kappa shape index (κ3) is 2.68. The summed E-state index contributed by atoms with van der Waals surface area (Å²) < 4.78 is 0. The molecular weight excluding hydrogens is 190 g/mol. The van der Waals surface area contributed by atoms with Crippen molar-refractivity contribution >= 4 is 11.6 Å². The van der Waals surface area contributed by atoms with Crippen LogP contribution in [0.1, 0.15) is 12.8 Å². The second-order valence-electron chi connectivity index (χ2n) is 3.65. The van der Waals surface area contributed by atoms with E-state index >= 15 is 0 Å². The molecule has 1 aliphatic rings. The Morgan fingerprint density at radius 2 is 2.20 bits per heavy atom. The minimum Gasteiger partial charge on any atom is -0.383 e. The molecule has 0 unspecified atom stereocenters. The first-order valence-corrected chi connectivity index (χ1v) is 5.28. The monoisotopic (exact) mass is 205 g/mol. The van der Waals surface area contributed by atoms with Crippen LogP contribution >= 0.6 is 0 Å². The van der Waals surface area contributed by atoms with E-state index in [9.17, 15) is 4.79 Å². The lowest BCUT2D eigenvalue weighted by Gasteiger charge is -2.15. The van der Waals surface area contributed by atoms with Gasteiger partial charge in [-0.2, -0.15) is 0 Å². The van der Waals surface area contributed by atoms with E-state index in [1.807, 2.05) is 17.0 Å². The van der Waals surface area contributed by atoms with Gasteiger partial charge < -0.3 is 10.2 Å². The quantitative estimate of drug-likeness (QED) is 0.801. The number of hydrogen-bond donors (Lipinski definition) is 1. The molecule has 80 valence electrons. The lowest BCUT2D eigenvalue weighted by Crippen LogP contribution is -2.29. The van der Waals surface area contributed by atoms with Crippen LogP contribution in [-0.2, 0) is 4.79 Å². The molecule has 0 radical (unpaired) electrons. The summed E-state index contributed by atoms with van der Waals surface area (Å²) in [7, 11) is 0. The van der Waals surface area contributed by atoms with Gasteiger partial charge in [-0.3, -0.25) is 9.78 Å². The molecule has 0 aromatic carbocycles. The van der Waals surface area contributed by atoms with Gasteiger partial charge in [-0.05, 0) is 18.6 Å². The molecule has 1 aromatic heterocycles. The standard InChI is InChI=1S/C11H15N3O/c15-11-2-1-8-14(11)9-7-13-10-3-5-12-6-4-10/h3-6H,1-2,7-9H2,(H,12,13). The Morgan fingerprint density at radius 1 is 1.40 bits per heavy atom. The summed E-state index contributed by atoms with van der Waals surface area (Å²) in [5, 5.41) is 3.26. The predicted octanol–water partition coefficient (Wildman–Crippen LogP) is 1.12. The topological polar surface area (TPSA) is 45.2 Å². The van der Waals surface area contributed by atoms with Crippen LogP contribution in [0, 0.1) is 0 Å². The van der Waals surface area contributed by atoms with Crippen molar-refractivity contribution in [2.24, 2.45) is 0 Å². The Bertz CT molecular complexity index is 326. The van der Waals surface area contributed by atoms with Gasteiger partial charge in [0, 0.05) is 44.1 Å². The van der Waals surface area contributed by atoms with Crippen LogP contribution in [0.3, 0.4) is 0 Å². The molecule has 0 bridgehead atoms. The summed E-state index contributed by atoms with van der Waals surface area (Å²) >= 11 is 0. The number of pyridine rings is 1. The number of hydrogen-bond acceptors (Lipinski definition) is 3. The van der Waals surface area contributed by atoms with Crippen molar-refractivity contribution in [1.29, 1.82) is 0 Å². The van der Waals surface area contributed by atoms with Crippen molar-refractivity contribution in [3.8, 4) is 0 Å². The molecule has 1 fully saturated rings. The number of likely N-dealkylation sites (tertiary alicyclic amines) is 1. The number of carbonyl (C=O) groups excluding carboxylic acids is 1. The Kier molecular flexibility index (Phi) is 3.17. The van der Waals surface area contributed by atoms with Gasteiger partial charge >= 0.3 is 0 Å². The Morgan fingerprint density at radius 3 is 2.87 bits per heavy atom. The van der Waals surface area contributed by atoms with Crippen LogP contribution in [0.5, 0.6) is 0 Å². The molecule has 15 heavy (non-hydrogen) atoms. The maximum atomic E-state index is 11.3. The highest BCUT2D eigenvalue weighted by Crippen LogP contribution is 2.09. The number of aromatic nitrogens is 1. The summed E-state index contributed by atoms with van der Waals surface area (Å²) in [6, 6.07) is 3.84. The van der Waals surface area contributed by atoms with Crippen molar-refractivity contribution in [3.05, 3.63) is 24.5 Å². The molecule has 1 N–H and O–H groups in total. The van der Waals surface area contributed by atoms with Crippen LogP contribution in [0.15, 0.2) is 24.5 Å². The zero-order chi connectivity index (χ0) is 10.5. The third-order valence-corrected chi connectivity index (χ3v) is 2.56. The first-order valence-electron chi connectivity index (χ1n) is 5.28. The first-order chi connectivity index (χ1) is 7.36. The van der Waals surface area contributed by atoms with Gasteiger partial charge in [0.15, 0.2) is 0 Å². The van der Waals surface area contributed by atoms with E-state index in [2.05, 4.69) is 10.3 Å². The number of amides is 1. The number of carbonyl (C=O) groups is 1. The van der Waals surface area contributed by atoms with Crippen molar-refractivity contribution in [3.63, 3.8) is 0 Å². The average molecular weight is 205 g/mol. The van der Waals surface area contributed by atoms with E-state index in [1.54, 1.807) is 12.4 Å². The Balaban J connectivity index is 1.73. The molecule has 1 amide bonds. The molecule has 0 saturated carbocycles.